The number of hydrogen-bond acceptors (Lipinski definition) is 0. The SMILES string of the molecule is CCCCC(C)C(C)C1C2CC21C. The number of fused-ring (bicyclic) bond motifs is 1. The molecular weight excluding hydrogens is 156 g/mol. The molecule has 0 saturated heterocycles. The van der Waals surface area contributed by atoms with E-state index in [1.807, 2.05) is 0 Å². The van der Waals surface area contributed by atoms with Crippen molar-refractivity contribution >= 4 is 0 Å². The number of rotatable bonds is 5. The van der Waals surface area contributed by atoms with E-state index in [4.69, 9.17) is 0 Å². The van der Waals surface area contributed by atoms with Gasteiger partial charge in [0.05, 0.1) is 0 Å². The topological polar surface area (TPSA) is 0 Å². The highest BCUT2D eigenvalue weighted by molar-refractivity contribution is 5.24. The Kier molecular flexibility index (Phi) is 2.20. The zero-order chi connectivity index (χ0) is 9.64. The third-order valence-electron chi connectivity index (χ3n) is 4.91. The molecule has 0 radical (unpaired) electrons. The molecule has 0 aromatic rings. The fourth-order valence-corrected chi connectivity index (χ4v) is 3.33. The van der Waals surface area contributed by atoms with Gasteiger partial charge in [-0.25, -0.2) is 0 Å². The lowest BCUT2D eigenvalue weighted by Crippen LogP contribution is -2.16. The van der Waals surface area contributed by atoms with Gasteiger partial charge in [0.25, 0.3) is 0 Å². The summed E-state index contributed by atoms with van der Waals surface area (Å²) in [4.78, 5) is 0. The fraction of sp³-hybridized carbons (Fsp3) is 1.00. The van der Waals surface area contributed by atoms with Crippen LogP contribution >= 0.6 is 0 Å². The molecule has 76 valence electrons. The molecule has 0 nitrogen and oxygen atoms in total. The zero-order valence-electron chi connectivity index (χ0n) is 9.64. The van der Waals surface area contributed by atoms with Gasteiger partial charge < -0.3 is 0 Å². The third-order valence-corrected chi connectivity index (χ3v) is 4.91. The van der Waals surface area contributed by atoms with E-state index >= 15 is 0 Å². The van der Waals surface area contributed by atoms with Crippen LogP contribution < -0.4 is 0 Å². The van der Waals surface area contributed by atoms with Crippen molar-refractivity contribution in [1.82, 2.24) is 0 Å². The second-order valence-corrected chi connectivity index (χ2v) is 5.82. The number of hydrogen-bond donors (Lipinski definition) is 0. The summed E-state index contributed by atoms with van der Waals surface area (Å²) in [5, 5.41) is 0. The van der Waals surface area contributed by atoms with Crippen LogP contribution in [-0.2, 0) is 0 Å². The molecule has 0 spiro atoms. The molecule has 2 aliphatic carbocycles. The summed E-state index contributed by atoms with van der Waals surface area (Å²) in [6.07, 6.45) is 5.79. The Morgan fingerprint density at radius 3 is 2.38 bits per heavy atom. The molecule has 2 aliphatic rings. The highest BCUT2D eigenvalue weighted by Gasteiger charge is 2.76. The molecule has 2 saturated carbocycles. The number of unbranched alkanes of at least 4 members (excludes halogenated alkanes) is 1. The Morgan fingerprint density at radius 2 is 2.00 bits per heavy atom. The molecule has 0 bridgehead atoms. The third kappa shape index (κ3) is 1.43. The monoisotopic (exact) mass is 180 g/mol. The molecule has 0 aromatic carbocycles. The first-order valence-corrected chi connectivity index (χ1v) is 6.11. The maximum absolute atomic E-state index is 2.49. The molecule has 5 unspecified atom stereocenters. The minimum absolute atomic E-state index is 0.833. The molecular formula is C13H24. The smallest absolute Gasteiger partial charge is 0.0258 e. The molecule has 0 heteroatoms. The van der Waals surface area contributed by atoms with E-state index in [1.165, 1.54) is 19.3 Å². The first-order valence-electron chi connectivity index (χ1n) is 6.11. The Labute approximate surface area is 83.1 Å². The van der Waals surface area contributed by atoms with Gasteiger partial charge in [0, 0.05) is 0 Å². The van der Waals surface area contributed by atoms with E-state index in [1.54, 1.807) is 6.42 Å². The van der Waals surface area contributed by atoms with Gasteiger partial charge >= 0.3 is 0 Å². The van der Waals surface area contributed by atoms with Crippen molar-refractivity contribution in [1.29, 1.82) is 0 Å². The van der Waals surface area contributed by atoms with Gasteiger partial charge in [-0.1, -0.05) is 47.0 Å². The molecule has 2 rings (SSSR count). The van der Waals surface area contributed by atoms with E-state index < -0.39 is 0 Å². The Morgan fingerprint density at radius 1 is 1.38 bits per heavy atom. The predicted octanol–water partition coefficient (Wildman–Crippen LogP) is 4.10. The van der Waals surface area contributed by atoms with Crippen molar-refractivity contribution in [2.24, 2.45) is 29.1 Å². The lowest BCUT2D eigenvalue weighted by atomic mass is 9.82. The molecule has 0 amide bonds. The predicted molar refractivity (Wildman–Crippen MR) is 57.6 cm³/mol. The van der Waals surface area contributed by atoms with E-state index in [0.29, 0.717) is 0 Å². The summed E-state index contributed by atoms with van der Waals surface area (Å²) in [7, 11) is 0. The van der Waals surface area contributed by atoms with Gasteiger partial charge in [-0.05, 0) is 35.5 Å². The highest BCUT2D eigenvalue weighted by atomic mass is 14.8. The maximum atomic E-state index is 2.49. The summed E-state index contributed by atoms with van der Waals surface area (Å²) >= 11 is 0. The van der Waals surface area contributed by atoms with Crippen LogP contribution in [0.4, 0.5) is 0 Å². The largest absolute Gasteiger partial charge is 0.0654 e. The zero-order valence-corrected chi connectivity index (χ0v) is 9.64. The summed E-state index contributed by atoms with van der Waals surface area (Å²) in [6.45, 7) is 9.74. The minimum atomic E-state index is 0.833. The van der Waals surface area contributed by atoms with E-state index in [-0.39, 0.29) is 0 Å². The van der Waals surface area contributed by atoms with Crippen molar-refractivity contribution in [3.05, 3.63) is 0 Å². The lowest BCUT2D eigenvalue weighted by Gasteiger charge is -2.23. The quantitative estimate of drug-likeness (QED) is 0.597. The van der Waals surface area contributed by atoms with Gasteiger partial charge in [0.15, 0.2) is 0 Å². The van der Waals surface area contributed by atoms with Gasteiger partial charge in [-0.3, -0.25) is 0 Å². The normalized spacial score (nSPS) is 45.2. The average molecular weight is 180 g/mol. The second kappa shape index (κ2) is 3.00. The van der Waals surface area contributed by atoms with E-state index in [0.717, 1.165) is 29.1 Å². The molecule has 0 N–H and O–H groups in total. The van der Waals surface area contributed by atoms with Crippen LogP contribution in [-0.4, -0.2) is 0 Å². The molecule has 5 atom stereocenters. The summed E-state index contributed by atoms with van der Waals surface area (Å²) in [5.74, 6) is 4.22. The summed E-state index contributed by atoms with van der Waals surface area (Å²) in [5.41, 5.74) is 0.833. The fourth-order valence-electron chi connectivity index (χ4n) is 3.33. The van der Waals surface area contributed by atoms with Crippen LogP contribution in [0.5, 0.6) is 0 Å². The van der Waals surface area contributed by atoms with E-state index in [9.17, 15) is 0 Å². The summed E-state index contributed by atoms with van der Waals surface area (Å²) < 4.78 is 0. The Bertz CT molecular complexity index is 196. The lowest BCUT2D eigenvalue weighted by molar-refractivity contribution is 0.257. The van der Waals surface area contributed by atoms with Crippen LogP contribution in [0.3, 0.4) is 0 Å². The minimum Gasteiger partial charge on any atom is -0.0654 e. The highest BCUT2D eigenvalue weighted by Crippen LogP contribution is 2.82. The van der Waals surface area contributed by atoms with Crippen molar-refractivity contribution in [3.63, 3.8) is 0 Å². The molecule has 13 heavy (non-hydrogen) atoms. The van der Waals surface area contributed by atoms with Gasteiger partial charge in [0.1, 0.15) is 0 Å². The van der Waals surface area contributed by atoms with Crippen LogP contribution in [0.2, 0.25) is 0 Å². The van der Waals surface area contributed by atoms with Gasteiger partial charge in [-0.2, -0.15) is 0 Å². The summed E-state index contributed by atoms with van der Waals surface area (Å²) in [6, 6.07) is 0. The van der Waals surface area contributed by atoms with Gasteiger partial charge in [-0.15, -0.1) is 0 Å². The first-order chi connectivity index (χ1) is 6.11. The van der Waals surface area contributed by atoms with Gasteiger partial charge in [0.2, 0.25) is 0 Å². The van der Waals surface area contributed by atoms with Crippen LogP contribution in [0.15, 0.2) is 0 Å². The second-order valence-electron chi connectivity index (χ2n) is 5.82. The molecule has 0 aromatic heterocycles. The first kappa shape index (κ1) is 9.55. The Hall–Kier alpha value is 0. The van der Waals surface area contributed by atoms with Crippen LogP contribution in [0.25, 0.3) is 0 Å². The Balaban J connectivity index is 1.74. The van der Waals surface area contributed by atoms with Crippen molar-refractivity contribution in [2.45, 2.75) is 53.4 Å². The van der Waals surface area contributed by atoms with Crippen LogP contribution in [0.1, 0.15) is 53.4 Å². The van der Waals surface area contributed by atoms with Crippen molar-refractivity contribution in [2.75, 3.05) is 0 Å². The van der Waals surface area contributed by atoms with E-state index in [2.05, 4.69) is 27.7 Å². The average Bonchev–Trinajstić information content (AvgIpc) is 2.88. The maximum Gasteiger partial charge on any atom is -0.0258 e. The molecule has 0 aliphatic heterocycles. The van der Waals surface area contributed by atoms with Crippen molar-refractivity contribution in [3.8, 4) is 0 Å². The van der Waals surface area contributed by atoms with Crippen LogP contribution in [0, 0.1) is 29.1 Å². The van der Waals surface area contributed by atoms with Crippen molar-refractivity contribution < 1.29 is 0 Å². The molecule has 0 heterocycles. The standard InChI is InChI=1S/C13H24/c1-5-6-7-9(2)10(3)12-11-8-13(11,12)4/h9-12H,5-8H2,1-4H3. The molecule has 2 fully saturated rings.